The molecule has 21 heavy (non-hydrogen) atoms. The Morgan fingerprint density at radius 1 is 1.19 bits per heavy atom. The van der Waals surface area contributed by atoms with Crippen molar-refractivity contribution in [3.8, 4) is 6.01 Å². The molecule has 1 fully saturated rings. The molecule has 0 aliphatic heterocycles. The highest BCUT2D eigenvalue weighted by Crippen LogP contribution is 2.48. The average molecular weight is 295 g/mol. The second kappa shape index (κ2) is 6.89. The first-order valence-corrected chi connectivity index (χ1v) is 7.40. The number of nitrogens with zero attached hydrogens (tertiary/aromatic N) is 3. The maximum Gasteiger partial charge on any atom is 0.323 e. The van der Waals surface area contributed by atoms with Crippen molar-refractivity contribution in [1.82, 2.24) is 15.0 Å². The molecular formula is C14H25N5O2. The molecule has 1 aliphatic rings. The van der Waals surface area contributed by atoms with Crippen molar-refractivity contribution in [1.29, 1.82) is 0 Å². The van der Waals surface area contributed by atoms with Gasteiger partial charge in [-0.25, -0.2) is 0 Å². The van der Waals surface area contributed by atoms with Gasteiger partial charge in [0.25, 0.3) is 0 Å². The largest absolute Gasteiger partial charge is 0.461 e. The Morgan fingerprint density at radius 2 is 1.90 bits per heavy atom. The van der Waals surface area contributed by atoms with E-state index in [1.165, 1.54) is 12.8 Å². The van der Waals surface area contributed by atoms with Gasteiger partial charge in [0.2, 0.25) is 11.9 Å². The molecule has 0 spiro atoms. The molecule has 2 N–H and O–H groups in total. The minimum atomic E-state index is 0.0291. The molecule has 118 valence electrons. The summed E-state index contributed by atoms with van der Waals surface area (Å²) in [7, 11) is 3.52. The monoisotopic (exact) mass is 295 g/mol. The maximum atomic E-state index is 5.55. The van der Waals surface area contributed by atoms with E-state index in [9.17, 15) is 0 Å². The van der Waals surface area contributed by atoms with Crippen molar-refractivity contribution >= 4 is 11.9 Å². The summed E-state index contributed by atoms with van der Waals surface area (Å²) in [6, 6.07) is 0.341. The third kappa shape index (κ3) is 4.70. The second-order valence-corrected chi connectivity index (χ2v) is 5.78. The van der Waals surface area contributed by atoms with Gasteiger partial charge in [-0.15, -0.1) is 0 Å². The molecular weight excluding hydrogens is 270 g/mol. The minimum absolute atomic E-state index is 0.0291. The lowest BCUT2D eigenvalue weighted by molar-refractivity contribution is 0.174. The predicted octanol–water partition coefficient (Wildman–Crippen LogP) is 1.93. The summed E-state index contributed by atoms with van der Waals surface area (Å²) in [6.07, 6.45) is 3.54. The van der Waals surface area contributed by atoms with Gasteiger partial charge in [0, 0.05) is 27.3 Å². The van der Waals surface area contributed by atoms with Crippen molar-refractivity contribution in [2.45, 2.75) is 39.2 Å². The van der Waals surface area contributed by atoms with Gasteiger partial charge in [0.15, 0.2) is 0 Å². The quantitative estimate of drug-likeness (QED) is 0.720. The lowest BCUT2D eigenvalue weighted by Crippen LogP contribution is -2.19. The smallest absolute Gasteiger partial charge is 0.323 e. The lowest BCUT2D eigenvalue weighted by Gasteiger charge is -2.16. The molecule has 1 aromatic rings. The molecule has 1 aromatic heterocycles. The fraction of sp³-hybridized carbons (Fsp3) is 0.786. The zero-order valence-corrected chi connectivity index (χ0v) is 13.3. The van der Waals surface area contributed by atoms with E-state index in [-0.39, 0.29) is 6.10 Å². The van der Waals surface area contributed by atoms with E-state index in [2.05, 4.69) is 25.6 Å². The molecule has 1 saturated carbocycles. The molecule has 7 nitrogen and oxygen atoms in total. The molecule has 0 unspecified atom stereocenters. The van der Waals surface area contributed by atoms with Crippen LogP contribution in [0.15, 0.2) is 0 Å². The Morgan fingerprint density at radius 3 is 2.48 bits per heavy atom. The van der Waals surface area contributed by atoms with Crippen LogP contribution in [0.3, 0.4) is 0 Å². The Balaban J connectivity index is 1.98. The van der Waals surface area contributed by atoms with Crippen LogP contribution in [0.25, 0.3) is 0 Å². The van der Waals surface area contributed by atoms with Crippen molar-refractivity contribution < 1.29 is 9.47 Å². The third-order valence-corrected chi connectivity index (χ3v) is 3.59. The minimum Gasteiger partial charge on any atom is -0.461 e. The standard InChI is InChI=1S/C14H25N5O2/c1-10(2)21-13-18-11(15-3)17-12(19-13)16-9-14(5-6-14)7-8-20-4/h10H,5-9H2,1-4H3,(H2,15,16,17,18,19). The molecule has 1 heterocycles. The van der Waals surface area contributed by atoms with Gasteiger partial charge in [-0.1, -0.05) is 0 Å². The highest BCUT2D eigenvalue weighted by molar-refractivity contribution is 5.35. The Labute approximate surface area is 125 Å². The fourth-order valence-corrected chi connectivity index (χ4v) is 2.09. The summed E-state index contributed by atoms with van der Waals surface area (Å²) in [5, 5.41) is 6.23. The van der Waals surface area contributed by atoms with E-state index < -0.39 is 0 Å². The molecule has 0 radical (unpaired) electrons. The summed E-state index contributed by atoms with van der Waals surface area (Å²) in [4.78, 5) is 12.8. The maximum absolute atomic E-state index is 5.55. The number of methoxy groups -OCH3 is 1. The number of anilines is 2. The summed E-state index contributed by atoms with van der Waals surface area (Å²) < 4.78 is 10.7. The number of rotatable bonds is 9. The zero-order valence-electron chi connectivity index (χ0n) is 13.3. The predicted molar refractivity (Wildman–Crippen MR) is 81.8 cm³/mol. The molecule has 0 atom stereocenters. The normalized spacial score (nSPS) is 15.9. The van der Waals surface area contributed by atoms with Gasteiger partial charge in [0.1, 0.15) is 0 Å². The molecule has 1 aliphatic carbocycles. The van der Waals surface area contributed by atoms with Crippen LogP contribution in [0.5, 0.6) is 6.01 Å². The van der Waals surface area contributed by atoms with Crippen LogP contribution < -0.4 is 15.4 Å². The van der Waals surface area contributed by atoms with E-state index in [1.807, 2.05) is 13.8 Å². The molecule has 7 heteroatoms. The van der Waals surface area contributed by atoms with E-state index >= 15 is 0 Å². The van der Waals surface area contributed by atoms with Crippen LogP contribution in [-0.2, 0) is 4.74 Å². The summed E-state index contributed by atoms with van der Waals surface area (Å²) in [6.45, 7) is 5.53. The highest BCUT2D eigenvalue weighted by Gasteiger charge is 2.41. The Bertz CT molecular complexity index is 463. The van der Waals surface area contributed by atoms with Crippen LogP contribution in [0.2, 0.25) is 0 Å². The van der Waals surface area contributed by atoms with Gasteiger partial charge in [-0.2, -0.15) is 15.0 Å². The third-order valence-electron chi connectivity index (χ3n) is 3.59. The van der Waals surface area contributed by atoms with Gasteiger partial charge < -0.3 is 20.1 Å². The Hall–Kier alpha value is -1.63. The van der Waals surface area contributed by atoms with Crippen molar-refractivity contribution in [3.63, 3.8) is 0 Å². The molecule has 0 bridgehead atoms. The van der Waals surface area contributed by atoms with E-state index in [0.717, 1.165) is 19.6 Å². The van der Waals surface area contributed by atoms with Gasteiger partial charge in [-0.3, -0.25) is 0 Å². The number of aromatic nitrogens is 3. The van der Waals surface area contributed by atoms with Crippen LogP contribution in [0.4, 0.5) is 11.9 Å². The fourth-order valence-electron chi connectivity index (χ4n) is 2.09. The first kappa shape index (κ1) is 15.8. The summed E-state index contributed by atoms with van der Waals surface area (Å²) >= 11 is 0. The SMILES string of the molecule is CNc1nc(NCC2(CCOC)CC2)nc(OC(C)C)n1. The average Bonchev–Trinajstić information content (AvgIpc) is 3.22. The number of ether oxygens (including phenoxy) is 2. The van der Waals surface area contributed by atoms with E-state index in [4.69, 9.17) is 9.47 Å². The topological polar surface area (TPSA) is 81.2 Å². The first-order valence-electron chi connectivity index (χ1n) is 7.40. The first-order chi connectivity index (χ1) is 10.1. The van der Waals surface area contributed by atoms with E-state index in [0.29, 0.717) is 23.3 Å². The van der Waals surface area contributed by atoms with Crippen LogP contribution >= 0.6 is 0 Å². The summed E-state index contributed by atoms with van der Waals surface area (Å²) in [5.41, 5.74) is 0.335. The van der Waals surface area contributed by atoms with Crippen LogP contribution in [0.1, 0.15) is 33.1 Å². The van der Waals surface area contributed by atoms with Crippen LogP contribution in [-0.4, -0.2) is 48.4 Å². The zero-order chi connectivity index (χ0) is 15.3. The van der Waals surface area contributed by atoms with Gasteiger partial charge in [0.05, 0.1) is 6.10 Å². The molecule has 2 rings (SSSR count). The van der Waals surface area contributed by atoms with Crippen LogP contribution in [0, 0.1) is 5.41 Å². The number of hydrogen-bond acceptors (Lipinski definition) is 7. The Kier molecular flexibility index (Phi) is 5.17. The molecule has 0 amide bonds. The second-order valence-electron chi connectivity index (χ2n) is 5.78. The van der Waals surface area contributed by atoms with Crippen molar-refractivity contribution in [3.05, 3.63) is 0 Å². The molecule has 0 aromatic carbocycles. The van der Waals surface area contributed by atoms with Gasteiger partial charge in [-0.05, 0) is 38.5 Å². The summed E-state index contributed by atoms with van der Waals surface area (Å²) in [5.74, 6) is 1.05. The highest BCUT2D eigenvalue weighted by atomic mass is 16.5. The number of hydrogen-bond donors (Lipinski definition) is 2. The lowest BCUT2D eigenvalue weighted by atomic mass is 10.0. The van der Waals surface area contributed by atoms with Crippen molar-refractivity contribution in [2.24, 2.45) is 5.41 Å². The number of nitrogens with one attached hydrogen (secondary N) is 2. The van der Waals surface area contributed by atoms with Gasteiger partial charge >= 0.3 is 6.01 Å². The molecule has 0 saturated heterocycles. The van der Waals surface area contributed by atoms with E-state index in [1.54, 1.807) is 14.2 Å². The van der Waals surface area contributed by atoms with Crippen molar-refractivity contribution in [2.75, 3.05) is 37.9 Å².